The molecule has 2 aromatic carbocycles. The fourth-order valence-electron chi connectivity index (χ4n) is 7.49. The minimum atomic E-state index is -1.23. The van der Waals surface area contributed by atoms with E-state index >= 15 is 0 Å². The summed E-state index contributed by atoms with van der Waals surface area (Å²) >= 11 is 0. The molecule has 0 radical (unpaired) electrons. The van der Waals surface area contributed by atoms with E-state index in [2.05, 4.69) is 20.9 Å². The summed E-state index contributed by atoms with van der Waals surface area (Å²) in [5, 5.41) is 24.5. The monoisotopic (exact) mass is 590 g/mol. The number of aromatic nitrogens is 3. The van der Waals surface area contributed by atoms with Crippen LogP contribution in [0.25, 0.3) is 11.0 Å². The number of hydrogen-bond acceptors (Lipinski definition) is 8. The van der Waals surface area contributed by atoms with Crippen LogP contribution in [0.1, 0.15) is 40.5 Å². The van der Waals surface area contributed by atoms with Gasteiger partial charge in [0, 0.05) is 5.69 Å². The Morgan fingerprint density at radius 2 is 1.91 bits per heavy atom. The molecule has 7 atom stereocenters. The zero-order chi connectivity index (χ0) is 30.5. The second kappa shape index (κ2) is 10.9. The molecule has 3 aliphatic rings. The highest BCUT2D eigenvalue weighted by molar-refractivity contribution is 6.02. The number of amides is 3. The van der Waals surface area contributed by atoms with Crippen LogP contribution in [0.5, 0.6) is 5.75 Å². The van der Waals surface area contributed by atoms with Crippen LogP contribution in [0.3, 0.4) is 0 Å². The third-order valence-corrected chi connectivity index (χ3v) is 9.61. The van der Waals surface area contributed by atoms with Crippen molar-refractivity contribution in [3.05, 3.63) is 48.5 Å². The van der Waals surface area contributed by atoms with Crippen LogP contribution < -0.4 is 15.4 Å². The van der Waals surface area contributed by atoms with E-state index in [-0.39, 0.29) is 31.0 Å². The van der Waals surface area contributed by atoms with E-state index < -0.39 is 41.0 Å². The van der Waals surface area contributed by atoms with Crippen molar-refractivity contribution < 1.29 is 29.0 Å². The molecule has 0 aliphatic carbocycles. The maximum absolute atomic E-state index is 14.3. The summed E-state index contributed by atoms with van der Waals surface area (Å²) in [5.41, 5.74) is -0.183. The Kier molecular flexibility index (Phi) is 7.37. The van der Waals surface area contributed by atoms with Crippen LogP contribution in [-0.4, -0.2) is 79.2 Å². The van der Waals surface area contributed by atoms with E-state index in [1.54, 1.807) is 28.9 Å². The number of ether oxygens (including phenoxy) is 2. The van der Waals surface area contributed by atoms with Crippen LogP contribution >= 0.6 is 0 Å². The van der Waals surface area contributed by atoms with Crippen molar-refractivity contribution in [3.63, 3.8) is 0 Å². The molecule has 12 heteroatoms. The molecule has 228 valence electrons. The number of aliphatic hydroxyl groups is 1. The summed E-state index contributed by atoms with van der Waals surface area (Å²) < 4.78 is 13.9. The standard InChI is InChI=1S/C31H38N6O6/c1-5-20(16-38)37-26(28(40)32-17-36-23-10-8-7-9-22(23)34-35-36)31-15-18(3)30(4,43-31)24(25(31)29(37)41)27(39)33-19-11-13-21(14-12-19)42-6-2/h7-14,18,20,24-26,38H,5-6,15-17H2,1-4H3,(H,32,40)(H,33,39)/t18?,20-,24+,25-,26?,30-,31?/m0/s1. The maximum atomic E-state index is 14.3. The Morgan fingerprint density at radius 3 is 2.60 bits per heavy atom. The zero-order valence-electron chi connectivity index (χ0n) is 24.8. The van der Waals surface area contributed by atoms with E-state index in [1.807, 2.05) is 52.0 Å². The summed E-state index contributed by atoms with van der Waals surface area (Å²) in [6, 6.07) is 12.8. The lowest BCUT2D eigenvalue weighted by molar-refractivity contribution is -0.150. The Hall–Kier alpha value is -4.03. The number of benzene rings is 2. The summed E-state index contributed by atoms with van der Waals surface area (Å²) in [5.74, 6) is -2.28. The van der Waals surface area contributed by atoms with Crippen molar-refractivity contribution in [3.8, 4) is 5.75 Å². The molecule has 6 rings (SSSR count). The number of para-hydroxylation sites is 1. The van der Waals surface area contributed by atoms with Crippen LogP contribution in [0.4, 0.5) is 5.69 Å². The number of fused-ring (bicyclic) bond motifs is 2. The van der Waals surface area contributed by atoms with Crippen molar-refractivity contribution in [2.45, 2.75) is 70.5 Å². The van der Waals surface area contributed by atoms with Crippen LogP contribution in [0, 0.1) is 17.8 Å². The van der Waals surface area contributed by atoms with Crippen molar-refractivity contribution in [2.75, 3.05) is 18.5 Å². The van der Waals surface area contributed by atoms with Crippen LogP contribution in [-0.2, 0) is 25.8 Å². The molecule has 4 heterocycles. The van der Waals surface area contributed by atoms with Gasteiger partial charge < -0.3 is 30.1 Å². The van der Waals surface area contributed by atoms with E-state index in [4.69, 9.17) is 9.47 Å². The largest absolute Gasteiger partial charge is 0.494 e. The number of hydrogen-bond donors (Lipinski definition) is 3. The predicted octanol–water partition coefficient (Wildman–Crippen LogP) is 2.32. The highest BCUT2D eigenvalue weighted by atomic mass is 16.5. The van der Waals surface area contributed by atoms with E-state index in [0.717, 1.165) is 5.52 Å². The molecule has 3 aliphatic heterocycles. The fourth-order valence-corrected chi connectivity index (χ4v) is 7.49. The second-order valence-corrected chi connectivity index (χ2v) is 11.9. The molecular formula is C31H38N6O6. The molecule has 43 heavy (non-hydrogen) atoms. The van der Waals surface area contributed by atoms with Crippen LogP contribution in [0.15, 0.2) is 48.5 Å². The molecule has 3 aromatic rings. The summed E-state index contributed by atoms with van der Waals surface area (Å²) in [7, 11) is 0. The van der Waals surface area contributed by atoms with Gasteiger partial charge in [0.15, 0.2) is 0 Å². The predicted molar refractivity (Wildman–Crippen MR) is 157 cm³/mol. The van der Waals surface area contributed by atoms with Gasteiger partial charge in [0.1, 0.15) is 29.6 Å². The quantitative estimate of drug-likeness (QED) is 0.326. The number of anilines is 1. The van der Waals surface area contributed by atoms with Crippen molar-refractivity contribution in [1.82, 2.24) is 25.2 Å². The molecule has 3 saturated heterocycles. The fraction of sp³-hybridized carbons (Fsp3) is 0.516. The van der Waals surface area contributed by atoms with E-state index in [9.17, 15) is 19.5 Å². The number of carbonyl (C=O) groups is 3. The van der Waals surface area contributed by atoms with Gasteiger partial charge >= 0.3 is 0 Å². The highest BCUT2D eigenvalue weighted by Crippen LogP contribution is 2.65. The van der Waals surface area contributed by atoms with Crippen molar-refractivity contribution in [2.24, 2.45) is 17.8 Å². The van der Waals surface area contributed by atoms with Gasteiger partial charge in [0.25, 0.3) is 0 Å². The normalized spacial score (nSPS) is 30.0. The van der Waals surface area contributed by atoms with Gasteiger partial charge in [-0.1, -0.05) is 31.2 Å². The molecule has 0 saturated carbocycles. The molecule has 2 bridgehead atoms. The number of likely N-dealkylation sites (tertiary alicyclic amines) is 1. The number of nitrogens with one attached hydrogen (secondary N) is 2. The molecule has 1 aromatic heterocycles. The number of aliphatic hydroxyl groups excluding tert-OH is 1. The molecule has 1 spiro atoms. The van der Waals surface area contributed by atoms with Gasteiger partial charge in [-0.3, -0.25) is 14.4 Å². The smallest absolute Gasteiger partial charge is 0.247 e. The van der Waals surface area contributed by atoms with Gasteiger partial charge in [-0.25, -0.2) is 4.68 Å². The second-order valence-electron chi connectivity index (χ2n) is 11.9. The first-order chi connectivity index (χ1) is 20.7. The lowest BCUT2D eigenvalue weighted by Crippen LogP contribution is -2.58. The first-order valence-electron chi connectivity index (χ1n) is 14.9. The summed E-state index contributed by atoms with van der Waals surface area (Å²) in [4.78, 5) is 43.9. The average molecular weight is 591 g/mol. The first kappa shape index (κ1) is 29.1. The minimum absolute atomic E-state index is 0.0308. The molecule has 3 fully saturated rings. The first-order valence-corrected chi connectivity index (χ1v) is 14.9. The minimum Gasteiger partial charge on any atom is -0.494 e. The summed E-state index contributed by atoms with van der Waals surface area (Å²) in [6.45, 7) is 7.85. The lowest BCUT2D eigenvalue weighted by Gasteiger charge is -2.36. The zero-order valence-corrected chi connectivity index (χ0v) is 24.8. The Bertz CT molecular complexity index is 1540. The third kappa shape index (κ3) is 4.46. The molecule has 12 nitrogen and oxygen atoms in total. The van der Waals surface area contributed by atoms with Gasteiger partial charge in [-0.15, -0.1) is 5.10 Å². The van der Waals surface area contributed by atoms with E-state index in [1.165, 1.54) is 4.90 Å². The highest BCUT2D eigenvalue weighted by Gasteiger charge is 2.80. The van der Waals surface area contributed by atoms with Gasteiger partial charge in [-0.05, 0) is 69.0 Å². The number of nitrogens with zero attached hydrogens (tertiary/aromatic N) is 4. The molecule has 3 amide bonds. The van der Waals surface area contributed by atoms with Crippen molar-refractivity contribution >= 4 is 34.4 Å². The average Bonchev–Trinajstić information content (AvgIpc) is 3.67. The van der Waals surface area contributed by atoms with Crippen molar-refractivity contribution in [1.29, 1.82) is 0 Å². The molecule has 3 unspecified atom stereocenters. The third-order valence-electron chi connectivity index (χ3n) is 9.61. The summed E-state index contributed by atoms with van der Waals surface area (Å²) in [6.07, 6.45) is 0.855. The SMILES string of the molecule is CCOc1ccc(NC(=O)[C@H]2[C@H]3C(=O)N([C@@H](CC)CO)C(C(=O)NCn4nnc5ccccc54)C34CC(C)[C@]2(C)O4)cc1. The van der Waals surface area contributed by atoms with Gasteiger partial charge in [-0.2, -0.15) is 0 Å². The lowest BCUT2D eigenvalue weighted by atomic mass is 9.62. The topological polar surface area (TPSA) is 148 Å². The Labute approximate surface area is 249 Å². The van der Waals surface area contributed by atoms with Crippen LogP contribution in [0.2, 0.25) is 0 Å². The maximum Gasteiger partial charge on any atom is 0.247 e. The number of carbonyl (C=O) groups excluding carboxylic acids is 3. The van der Waals surface area contributed by atoms with Gasteiger partial charge in [0.05, 0.1) is 42.2 Å². The Balaban J connectivity index is 1.32. The van der Waals surface area contributed by atoms with Gasteiger partial charge in [0.2, 0.25) is 17.7 Å². The molecule has 3 N–H and O–H groups in total. The Morgan fingerprint density at radius 1 is 1.16 bits per heavy atom. The molecular weight excluding hydrogens is 552 g/mol. The van der Waals surface area contributed by atoms with E-state index in [0.29, 0.717) is 36.4 Å². The number of rotatable bonds is 10.